The van der Waals surface area contributed by atoms with Crippen LogP contribution in [0, 0.1) is 0 Å². The Balaban J connectivity index is 1.49. The summed E-state index contributed by atoms with van der Waals surface area (Å²) in [5, 5.41) is 11.5. The van der Waals surface area contributed by atoms with Crippen LogP contribution in [0.4, 0.5) is 0 Å². The quantitative estimate of drug-likeness (QED) is 0.306. The number of aryl methyl sites for hydroxylation is 1. The van der Waals surface area contributed by atoms with Crippen molar-refractivity contribution in [3.63, 3.8) is 0 Å². The van der Waals surface area contributed by atoms with E-state index >= 15 is 0 Å². The maximum Gasteiger partial charge on any atom is 0.191 e. The number of aromatic nitrogens is 4. The third kappa shape index (κ3) is 3.62. The summed E-state index contributed by atoms with van der Waals surface area (Å²) in [4.78, 5) is 0. The molecule has 144 valence electrons. The Morgan fingerprint density at radius 3 is 2.68 bits per heavy atom. The number of rotatable bonds is 7. The van der Waals surface area contributed by atoms with Crippen molar-refractivity contribution in [3.8, 4) is 17.1 Å². The highest BCUT2D eigenvalue weighted by Crippen LogP contribution is 2.31. The third-order valence-electron chi connectivity index (χ3n) is 4.61. The predicted molar refractivity (Wildman–Crippen MR) is 115 cm³/mol. The molecule has 2 aromatic heterocycles. The molecule has 5 nitrogen and oxygen atoms in total. The van der Waals surface area contributed by atoms with Gasteiger partial charge in [0.15, 0.2) is 11.0 Å². The molecule has 4 aromatic rings. The summed E-state index contributed by atoms with van der Waals surface area (Å²) < 4.78 is 10.0. The molecular weight excluding hydrogens is 392 g/mol. The fourth-order valence-corrected chi connectivity index (χ4v) is 4.13. The first-order chi connectivity index (χ1) is 13.7. The molecule has 4 rings (SSSR count). The van der Waals surface area contributed by atoms with E-state index in [0.717, 1.165) is 28.8 Å². The largest absolute Gasteiger partial charge is 0.491 e. The van der Waals surface area contributed by atoms with E-state index in [0.29, 0.717) is 17.4 Å². The van der Waals surface area contributed by atoms with Gasteiger partial charge < -0.3 is 13.9 Å². The number of hydrogen-bond donors (Lipinski definition) is 0. The maximum atomic E-state index is 6.12. The molecule has 0 N–H and O–H groups in total. The lowest BCUT2D eigenvalue weighted by atomic mass is 10.1. The van der Waals surface area contributed by atoms with Gasteiger partial charge in [0, 0.05) is 42.0 Å². The van der Waals surface area contributed by atoms with E-state index in [1.54, 1.807) is 11.8 Å². The van der Waals surface area contributed by atoms with Crippen LogP contribution in [0.2, 0.25) is 5.02 Å². The molecular formula is C21H21ClN4OS. The Morgan fingerprint density at radius 1 is 1.07 bits per heavy atom. The fourth-order valence-electron chi connectivity index (χ4n) is 3.21. The van der Waals surface area contributed by atoms with E-state index < -0.39 is 0 Å². The molecule has 0 atom stereocenters. The maximum absolute atomic E-state index is 6.12. The van der Waals surface area contributed by atoms with Crippen LogP contribution >= 0.6 is 23.4 Å². The van der Waals surface area contributed by atoms with Crippen molar-refractivity contribution in [2.45, 2.75) is 18.6 Å². The van der Waals surface area contributed by atoms with Crippen molar-refractivity contribution >= 4 is 34.3 Å². The van der Waals surface area contributed by atoms with Crippen LogP contribution in [0.3, 0.4) is 0 Å². The molecule has 0 radical (unpaired) electrons. The van der Waals surface area contributed by atoms with Crippen molar-refractivity contribution in [1.29, 1.82) is 0 Å². The van der Waals surface area contributed by atoms with E-state index in [4.69, 9.17) is 16.3 Å². The lowest BCUT2D eigenvalue weighted by molar-refractivity contribution is 0.344. The van der Waals surface area contributed by atoms with Gasteiger partial charge in [0.2, 0.25) is 0 Å². The summed E-state index contributed by atoms with van der Waals surface area (Å²) >= 11 is 7.74. The van der Waals surface area contributed by atoms with Crippen molar-refractivity contribution in [3.05, 3.63) is 59.8 Å². The zero-order chi connectivity index (χ0) is 19.5. The summed E-state index contributed by atoms with van der Waals surface area (Å²) in [6.07, 6.45) is 2.16. The molecule has 0 spiro atoms. The molecule has 2 heterocycles. The first-order valence-corrected chi connectivity index (χ1v) is 10.5. The van der Waals surface area contributed by atoms with Gasteiger partial charge in [-0.1, -0.05) is 53.7 Å². The normalized spacial score (nSPS) is 11.2. The Labute approximate surface area is 173 Å². The number of hydrogen-bond acceptors (Lipinski definition) is 4. The van der Waals surface area contributed by atoms with Crippen molar-refractivity contribution < 1.29 is 4.74 Å². The number of ether oxygens (including phenoxy) is 1. The van der Waals surface area contributed by atoms with Crippen molar-refractivity contribution in [1.82, 2.24) is 19.3 Å². The second-order valence-electron chi connectivity index (χ2n) is 6.34. The molecule has 28 heavy (non-hydrogen) atoms. The van der Waals surface area contributed by atoms with Gasteiger partial charge in [0.05, 0.1) is 11.6 Å². The van der Waals surface area contributed by atoms with Crippen molar-refractivity contribution in [2.75, 3.05) is 12.4 Å². The summed E-state index contributed by atoms with van der Waals surface area (Å²) in [5.41, 5.74) is 2.32. The van der Waals surface area contributed by atoms with Gasteiger partial charge in [-0.15, -0.1) is 10.2 Å². The summed E-state index contributed by atoms with van der Waals surface area (Å²) in [6.45, 7) is 3.61. The summed E-state index contributed by atoms with van der Waals surface area (Å²) in [7, 11) is 2.00. The average Bonchev–Trinajstić information content (AvgIpc) is 3.27. The van der Waals surface area contributed by atoms with Gasteiger partial charge in [-0.05, 0) is 25.1 Å². The van der Waals surface area contributed by atoms with Gasteiger partial charge in [0.25, 0.3) is 0 Å². The van der Waals surface area contributed by atoms with Crippen LogP contribution in [-0.4, -0.2) is 31.7 Å². The number of fused-ring (bicyclic) bond motifs is 1. The molecule has 0 saturated carbocycles. The molecule has 0 amide bonds. The van der Waals surface area contributed by atoms with Crippen LogP contribution in [0.25, 0.3) is 22.3 Å². The Morgan fingerprint density at radius 2 is 1.86 bits per heavy atom. The number of benzene rings is 2. The minimum absolute atomic E-state index is 0.547. The zero-order valence-corrected chi connectivity index (χ0v) is 17.4. The first-order valence-electron chi connectivity index (χ1n) is 9.16. The highest BCUT2D eigenvalue weighted by atomic mass is 35.5. The van der Waals surface area contributed by atoms with E-state index in [9.17, 15) is 0 Å². The van der Waals surface area contributed by atoms with Gasteiger partial charge in [-0.3, -0.25) is 0 Å². The minimum atomic E-state index is 0.547. The lowest BCUT2D eigenvalue weighted by Gasteiger charge is -2.07. The minimum Gasteiger partial charge on any atom is -0.491 e. The van der Waals surface area contributed by atoms with Crippen molar-refractivity contribution in [2.24, 2.45) is 7.05 Å². The van der Waals surface area contributed by atoms with Gasteiger partial charge in [-0.2, -0.15) is 0 Å². The second kappa shape index (κ2) is 8.29. The van der Waals surface area contributed by atoms with Gasteiger partial charge >= 0.3 is 0 Å². The Kier molecular flexibility index (Phi) is 5.59. The van der Waals surface area contributed by atoms with Crippen LogP contribution in [-0.2, 0) is 13.6 Å². The molecule has 0 bridgehead atoms. The number of para-hydroxylation sites is 2. The Hall–Kier alpha value is -2.44. The molecule has 0 aliphatic rings. The van der Waals surface area contributed by atoms with E-state index in [-0.39, 0.29) is 0 Å². The molecule has 0 fully saturated rings. The smallest absolute Gasteiger partial charge is 0.191 e. The number of thioether (sulfide) groups is 1. The monoisotopic (exact) mass is 412 g/mol. The summed E-state index contributed by atoms with van der Waals surface area (Å²) in [5.74, 6) is 2.34. The van der Waals surface area contributed by atoms with Crippen LogP contribution in [0.5, 0.6) is 5.75 Å². The topological polar surface area (TPSA) is 44.9 Å². The van der Waals surface area contributed by atoms with Crippen LogP contribution < -0.4 is 4.74 Å². The van der Waals surface area contributed by atoms with E-state index in [1.807, 2.05) is 35.9 Å². The van der Waals surface area contributed by atoms with Crippen LogP contribution in [0.1, 0.15) is 6.92 Å². The fraction of sp³-hybridized carbons (Fsp3) is 0.238. The molecule has 0 aliphatic heterocycles. The molecule has 0 unspecified atom stereocenters. The number of halogens is 1. The van der Waals surface area contributed by atoms with E-state index in [1.165, 1.54) is 10.9 Å². The molecule has 2 aromatic carbocycles. The standard InChI is InChI=1S/C21H21ClN4OS/c1-3-26-14-16(15-8-4-6-10-18(15)26)20-23-24-21(25(20)2)28-13-12-27-19-11-7-5-9-17(19)22/h4-11,14H,3,12-13H2,1-2H3. The predicted octanol–water partition coefficient (Wildman–Crippen LogP) is 5.28. The highest BCUT2D eigenvalue weighted by Gasteiger charge is 2.16. The highest BCUT2D eigenvalue weighted by molar-refractivity contribution is 7.99. The molecule has 7 heteroatoms. The van der Waals surface area contributed by atoms with E-state index in [2.05, 4.69) is 52.2 Å². The second-order valence-corrected chi connectivity index (χ2v) is 7.81. The lowest BCUT2D eigenvalue weighted by Crippen LogP contribution is -2.02. The third-order valence-corrected chi connectivity index (χ3v) is 5.91. The SMILES string of the molecule is CCn1cc(-c2nnc(SCCOc3ccccc3Cl)n2C)c2ccccc21. The van der Waals surface area contributed by atoms with Gasteiger partial charge in [-0.25, -0.2) is 0 Å². The zero-order valence-electron chi connectivity index (χ0n) is 15.8. The Bertz CT molecular complexity index is 1100. The van der Waals surface area contributed by atoms with Crippen LogP contribution in [0.15, 0.2) is 59.9 Å². The summed E-state index contributed by atoms with van der Waals surface area (Å²) in [6, 6.07) is 15.9. The molecule has 0 saturated heterocycles. The first kappa shape index (κ1) is 18.9. The molecule has 0 aliphatic carbocycles. The van der Waals surface area contributed by atoms with Gasteiger partial charge in [0.1, 0.15) is 5.75 Å². The number of nitrogens with zero attached hydrogens (tertiary/aromatic N) is 4. The average molecular weight is 413 g/mol.